The number of nitrogens with zero attached hydrogens (tertiary/aromatic N) is 2. The van der Waals surface area contributed by atoms with Gasteiger partial charge in [0.05, 0.1) is 17.3 Å². The molecule has 1 aromatic carbocycles. The van der Waals surface area contributed by atoms with Crippen LogP contribution in [0.3, 0.4) is 0 Å². The fraction of sp³-hybridized carbons (Fsp3) is 0.167. The zero-order chi connectivity index (χ0) is 13.1. The van der Waals surface area contributed by atoms with Gasteiger partial charge >= 0.3 is 0 Å². The van der Waals surface area contributed by atoms with Crippen LogP contribution in [0, 0.1) is 0 Å². The highest BCUT2D eigenvalue weighted by Gasteiger charge is 2.07. The third kappa shape index (κ3) is 2.72. The molecule has 18 heavy (non-hydrogen) atoms. The lowest BCUT2D eigenvalue weighted by Crippen LogP contribution is -2.25. The first-order valence-corrected chi connectivity index (χ1v) is 6.11. The molecule has 0 aliphatic carbocycles. The molecule has 0 radical (unpaired) electrons. The molecule has 4 nitrogen and oxygen atoms in total. The Bertz CT molecular complexity index is 625. The Kier molecular flexibility index (Phi) is 4.01. The highest BCUT2D eigenvalue weighted by molar-refractivity contribution is 6.36. The highest BCUT2D eigenvalue weighted by atomic mass is 35.5. The standard InChI is InChI=1S/C12H11Cl2N3O/c13-8-1-2-9(10(14)7-8)11-3-4-12(18)17(16-11)6-5-15/h1-4,7H,5-6,15H2. The molecule has 2 N–H and O–H groups in total. The predicted molar refractivity (Wildman–Crippen MR) is 73.0 cm³/mol. The lowest BCUT2D eigenvalue weighted by molar-refractivity contribution is 0.590. The molecule has 1 aromatic heterocycles. The fourth-order valence-electron chi connectivity index (χ4n) is 1.57. The number of rotatable bonds is 3. The zero-order valence-electron chi connectivity index (χ0n) is 9.44. The SMILES string of the molecule is NCCn1nc(-c2ccc(Cl)cc2Cl)ccc1=O. The number of halogens is 2. The molecule has 94 valence electrons. The van der Waals surface area contributed by atoms with E-state index in [0.717, 1.165) is 5.56 Å². The number of aromatic nitrogens is 2. The first-order chi connectivity index (χ1) is 8.61. The third-order valence-electron chi connectivity index (χ3n) is 2.41. The largest absolute Gasteiger partial charge is 0.329 e. The van der Waals surface area contributed by atoms with E-state index in [-0.39, 0.29) is 5.56 Å². The van der Waals surface area contributed by atoms with Crippen molar-refractivity contribution in [1.29, 1.82) is 0 Å². The van der Waals surface area contributed by atoms with E-state index < -0.39 is 0 Å². The molecule has 0 unspecified atom stereocenters. The fourth-order valence-corrected chi connectivity index (χ4v) is 2.08. The number of nitrogens with two attached hydrogens (primary N) is 1. The Morgan fingerprint density at radius 2 is 2.00 bits per heavy atom. The average Bonchev–Trinajstić information content (AvgIpc) is 2.33. The minimum atomic E-state index is -0.186. The maximum Gasteiger partial charge on any atom is 0.266 e. The second-order valence-corrected chi connectivity index (χ2v) is 4.54. The van der Waals surface area contributed by atoms with Gasteiger partial charge in [0, 0.05) is 23.2 Å². The average molecular weight is 284 g/mol. The molecule has 1 heterocycles. The maximum absolute atomic E-state index is 11.5. The molecule has 2 rings (SSSR count). The third-order valence-corrected chi connectivity index (χ3v) is 2.96. The van der Waals surface area contributed by atoms with Crippen molar-refractivity contribution >= 4 is 23.2 Å². The molecular formula is C12H11Cl2N3O. The van der Waals surface area contributed by atoms with Gasteiger partial charge in [-0.3, -0.25) is 4.79 Å². The molecule has 2 aromatic rings. The predicted octanol–water partition coefficient (Wildman–Crippen LogP) is 2.18. The van der Waals surface area contributed by atoms with E-state index >= 15 is 0 Å². The molecule has 0 atom stereocenters. The van der Waals surface area contributed by atoms with Gasteiger partial charge in [-0.2, -0.15) is 5.10 Å². The topological polar surface area (TPSA) is 60.9 Å². The Morgan fingerprint density at radius 3 is 2.67 bits per heavy atom. The van der Waals surface area contributed by atoms with Crippen LogP contribution in [-0.2, 0) is 6.54 Å². The lowest BCUT2D eigenvalue weighted by Gasteiger charge is -2.07. The summed E-state index contributed by atoms with van der Waals surface area (Å²) >= 11 is 11.9. The summed E-state index contributed by atoms with van der Waals surface area (Å²) in [7, 11) is 0. The monoisotopic (exact) mass is 283 g/mol. The van der Waals surface area contributed by atoms with Crippen LogP contribution in [0.4, 0.5) is 0 Å². The minimum Gasteiger partial charge on any atom is -0.329 e. The van der Waals surface area contributed by atoms with Crippen LogP contribution in [0.2, 0.25) is 10.0 Å². The van der Waals surface area contributed by atoms with Crippen molar-refractivity contribution in [2.45, 2.75) is 6.54 Å². The summed E-state index contributed by atoms with van der Waals surface area (Å²) < 4.78 is 1.32. The quantitative estimate of drug-likeness (QED) is 0.939. The van der Waals surface area contributed by atoms with Crippen LogP contribution in [0.25, 0.3) is 11.3 Å². The van der Waals surface area contributed by atoms with Crippen molar-refractivity contribution in [3.63, 3.8) is 0 Å². The first-order valence-electron chi connectivity index (χ1n) is 5.35. The van der Waals surface area contributed by atoms with Crippen LogP contribution >= 0.6 is 23.2 Å². The van der Waals surface area contributed by atoms with Crippen molar-refractivity contribution in [1.82, 2.24) is 9.78 Å². The van der Waals surface area contributed by atoms with Gasteiger partial charge in [-0.15, -0.1) is 0 Å². The van der Waals surface area contributed by atoms with Crippen molar-refractivity contribution in [2.75, 3.05) is 6.54 Å². The zero-order valence-corrected chi connectivity index (χ0v) is 10.9. The Morgan fingerprint density at radius 1 is 1.22 bits per heavy atom. The van der Waals surface area contributed by atoms with Gasteiger partial charge in [-0.1, -0.05) is 23.2 Å². The molecule has 0 saturated heterocycles. The summed E-state index contributed by atoms with van der Waals surface area (Å²) in [6.07, 6.45) is 0. The Hall–Kier alpha value is -1.36. The van der Waals surface area contributed by atoms with Gasteiger partial charge in [-0.05, 0) is 24.3 Å². The molecule has 0 saturated carbocycles. The van der Waals surface area contributed by atoms with Gasteiger partial charge in [0.2, 0.25) is 0 Å². The van der Waals surface area contributed by atoms with E-state index in [0.29, 0.717) is 28.8 Å². The van der Waals surface area contributed by atoms with Crippen LogP contribution in [-0.4, -0.2) is 16.3 Å². The van der Waals surface area contributed by atoms with Crippen LogP contribution in [0.1, 0.15) is 0 Å². The van der Waals surface area contributed by atoms with Crippen LogP contribution in [0.5, 0.6) is 0 Å². The molecular weight excluding hydrogens is 273 g/mol. The van der Waals surface area contributed by atoms with Crippen molar-refractivity contribution < 1.29 is 0 Å². The highest BCUT2D eigenvalue weighted by Crippen LogP contribution is 2.28. The summed E-state index contributed by atoms with van der Waals surface area (Å²) in [4.78, 5) is 11.5. The minimum absolute atomic E-state index is 0.186. The summed E-state index contributed by atoms with van der Waals surface area (Å²) in [6.45, 7) is 0.725. The Balaban J connectivity index is 2.50. The van der Waals surface area contributed by atoms with E-state index in [9.17, 15) is 4.79 Å². The Labute approximate surface area is 114 Å². The summed E-state index contributed by atoms with van der Waals surface area (Å²) in [5, 5.41) is 5.27. The van der Waals surface area contributed by atoms with Crippen LogP contribution in [0.15, 0.2) is 35.1 Å². The van der Waals surface area contributed by atoms with Gasteiger partial charge in [0.25, 0.3) is 5.56 Å². The lowest BCUT2D eigenvalue weighted by atomic mass is 10.1. The summed E-state index contributed by atoms with van der Waals surface area (Å²) in [6, 6.07) is 8.21. The van der Waals surface area contributed by atoms with E-state index in [1.54, 1.807) is 24.3 Å². The normalized spacial score (nSPS) is 10.6. The molecule has 6 heteroatoms. The van der Waals surface area contributed by atoms with Crippen LogP contribution < -0.4 is 11.3 Å². The summed E-state index contributed by atoms with van der Waals surface area (Å²) in [5.74, 6) is 0. The number of benzene rings is 1. The number of hydrogen-bond donors (Lipinski definition) is 1. The van der Waals surface area contributed by atoms with E-state index in [4.69, 9.17) is 28.9 Å². The first kappa shape index (κ1) is 13.1. The molecule has 0 amide bonds. The molecule has 0 bridgehead atoms. The second kappa shape index (κ2) is 5.52. The molecule has 0 spiro atoms. The number of hydrogen-bond acceptors (Lipinski definition) is 3. The van der Waals surface area contributed by atoms with E-state index in [1.807, 2.05) is 0 Å². The summed E-state index contributed by atoms with van der Waals surface area (Å²) in [5.41, 5.74) is 6.58. The second-order valence-electron chi connectivity index (χ2n) is 3.69. The van der Waals surface area contributed by atoms with Crippen molar-refractivity contribution in [3.05, 3.63) is 50.7 Å². The molecule has 0 fully saturated rings. The van der Waals surface area contributed by atoms with Gasteiger partial charge < -0.3 is 5.73 Å². The van der Waals surface area contributed by atoms with E-state index in [1.165, 1.54) is 10.7 Å². The maximum atomic E-state index is 11.5. The van der Waals surface area contributed by atoms with E-state index in [2.05, 4.69) is 5.10 Å². The molecule has 0 aliphatic heterocycles. The van der Waals surface area contributed by atoms with Gasteiger partial charge in [-0.25, -0.2) is 4.68 Å². The van der Waals surface area contributed by atoms with Crippen molar-refractivity contribution in [3.8, 4) is 11.3 Å². The molecule has 0 aliphatic rings. The van der Waals surface area contributed by atoms with Crippen molar-refractivity contribution in [2.24, 2.45) is 5.73 Å². The smallest absolute Gasteiger partial charge is 0.266 e. The van der Waals surface area contributed by atoms with Gasteiger partial charge in [0.1, 0.15) is 0 Å². The van der Waals surface area contributed by atoms with Gasteiger partial charge in [0.15, 0.2) is 0 Å².